The minimum Gasteiger partial charge on any atom is -0.357 e. The van der Waals surface area contributed by atoms with Crippen LogP contribution in [0.5, 0.6) is 0 Å². The Bertz CT molecular complexity index is 395. The molecule has 1 aromatic rings. The van der Waals surface area contributed by atoms with Crippen LogP contribution in [0.15, 0.2) is 18.5 Å². The van der Waals surface area contributed by atoms with Crippen LogP contribution in [0.2, 0.25) is 0 Å². The summed E-state index contributed by atoms with van der Waals surface area (Å²) in [4.78, 5) is 24.7. The van der Waals surface area contributed by atoms with E-state index in [1.54, 1.807) is 17.2 Å². The van der Waals surface area contributed by atoms with E-state index in [0.717, 1.165) is 13.0 Å². The first-order chi connectivity index (χ1) is 7.16. The number of carbonyl (C=O) groups is 2. The number of hydrogen-bond donors (Lipinski definition) is 0. The van der Waals surface area contributed by atoms with E-state index in [9.17, 15) is 9.59 Å². The molecule has 0 N–H and O–H groups in total. The summed E-state index contributed by atoms with van der Waals surface area (Å²) in [5, 5.41) is 0. The van der Waals surface area contributed by atoms with E-state index in [2.05, 4.69) is 0 Å². The molecular weight excluding hydrogens is 192 g/mol. The summed E-state index contributed by atoms with van der Waals surface area (Å²) >= 11 is 0. The average molecular weight is 206 g/mol. The van der Waals surface area contributed by atoms with Crippen molar-refractivity contribution < 1.29 is 9.59 Å². The zero-order chi connectivity index (χ0) is 10.8. The van der Waals surface area contributed by atoms with Crippen LogP contribution in [-0.4, -0.2) is 34.2 Å². The first-order valence-electron chi connectivity index (χ1n) is 5.10. The average Bonchev–Trinajstić information content (AvgIpc) is 2.77. The van der Waals surface area contributed by atoms with E-state index in [-0.39, 0.29) is 18.2 Å². The molecule has 0 unspecified atom stereocenters. The molecule has 2 heterocycles. The maximum Gasteiger partial charge on any atom is 0.223 e. The summed E-state index contributed by atoms with van der Waals surface area (Å²) in [7, 11) is 1.87. The van der Waals surface area contributed by atoms with Gasteiger partial charge in [-0.05, 0) is 12.5 Å². The number of Topliss-reactive ketones (excluding diaryl/α,β-unsaturated/α-hetero) is 1. The van der Waals surface area contributed by atoms with Gasteiger partial charge in [0.25, 0.3) is 0 Å². The second kappa shape index (κ2) is 3.88. The fourth-order valence-corrected chi connectivity index (χ4v) is 1.80. The van der Waals surface area contributed by atoms with Gasteiger partial charge in [-0.3, -0.25) is 9.59 Å². The second-order valence-corrected chi connectivity index (χ2v) is 3.91. The summed E-state index contributed by atoms with van der Waals surface area (Å²) in [5.41, 5.74) is 0.678. The van der Waals surface area contributed by atoms with Crippen molar-refractivity contribution in [3.05, 3.63) is 24.0 Å². The molecule has 1 fully saturated rings. The van der Waals surface area contributed by atoms with Gasteiger partial charge < -0.3 is 9.47 Å². The molecule has 1 amide bonds. The molecule has 2 rings (SSSR count). The predicted molar refractivity (Wildman–Crippen MR) is 55.6 cm³/mol. The van der Waals surface area contributed by atoms with Gasteiger partial charge in [-0.15, -0.1) is 0 Å². The first-order valence-corrected chi connectivity index (χ1v) is 5.10. The number of hydrogen-bond acceptors (Lipinski definition) is 2. The van der Waals surface area contributed by atoms with Gasteiger partial charge in [0.15, 0.2) is 5.78 Å². The van der Waals surface area contributed by atoms with E-state index in [1.165, 1.54) is 0 Å². The summed E-state index contributed by atoms with van der Waals surface area (Å²) < 4.78 is 1.83. The van der Waals surface area contributed by atoms with Crippen LogP contribution in [0.3, 0.4) is 0 Å². The van der Waals surface area contributed by atoms with Crippen molar-refractivity contribution in [2.24, 2.45) is 7.05 Å². The molecule has 0 radical (unpaired) electrons. The third-order valence-corrected chi connectivity index (χ3v) is 2.66. The number of ketones is 1. The van der Waals surface area contributed by atoms with E-state index in [4.69, 9.17) is 0 Å². The van der Waals surface area contributed by atoms with Gasteiger partial charge in [-0.25, -0.2) is 0 Å². The minimum absolute atomic E-state index is 0.0193. The predicted octanol–water partition coefficient (Wildman–Crippen LogP) is 0.830. The molecule has 4 nitrogen and oxygen atoms in total. The van der Waals surface area contributed by atoms with Crippen molar-refractivity contribution in [2.45, 2.75) is 12.8 Å². The van der Waals surface area contributed by atoms with Gasteiger partial charge in [0, 0.05) is 38.0 Å². The molecule has 80 valence electrons. The van der Waals surface area contributed by atoms with Crippen LogP contribution < -0.4 is 0 Å². The standard InChI is InChI=1S/C11H14N2O2/c1-12-6-4-9(7-12)10(14)8-13-5-2-3-11(13)15/h4,6-7H,2-3,5,8H2,1H3. The van der Waals surface area contributed by atoms with Crippen molar-refractivity contribution in [2.75, 3.05) is 13.1 Å². The lowest BCUT2D eigenvalue weighted by molar-refractivity contribution is -0.127. The van der Waals surface area contributed by atoms with Gasteiger partial charge in [0.05, 0.1) is 6.54 Å². The molecule has 0 aliphatic carbocycles. The van der Waals surface area contributed by atoms with Crippen molar-refractivity contribution in [3.63, 3.8) is 0 Å². The van der Waals surface area contributed by atoms with Crippen molar-refractivity contribution in [3.8, 4) is 0 Å². The number of aryl methyl sites for hydroxylation is 1. The van der Waals surface area contributed by atoms with Gasteiger partial charge in [0.2, 0.25) is 5.91 Å². The number of amides is 1. The van der Waals surface area contributed by atoms with E-state index >= 15 is 0 Å². The first kappa shape index (κ1) is 9.96. The van der Waals surface area contributed by atoms with Crippen molar-refractivity contribution in [1.82, 2.24) is 9.47 Å². The van der Waals surface area contributed by atoms with Crippen molar-refractivity contribution >= 4 is 11.7 Å². The van der Waals surface area contributed by atoms with E-state index < -0.39 is 0 Å². The zero-order valence-corrected chi connectivity index (χ0v) is 8.77. The molecule has 1 saturated heterocycles. The molecule has 1 aromatic heterocycles. The topological polar surface area (TPSA) is 42.3 Å². The normalized spacial score (nSPS) is 16.1. The molecule has 0 saturated carbocycles. The fraction of sp³-hybridized carbons (Fsp3) is 0.455. The molecule has 1 aliphatic heterocycles. The number of likely N-dealkylation sites (tertiary alicyclic amines) is 1. The monoisotopic (exact) mass is 206 g/mol. The van der Waals surface area contributed by atoms with Crippen LogP contribution in [0.4, 0.5) is 0 Å². The Morgan fingerprint density at radius 2 is 2.33 bits per heavy atom. The number of rotatable bonds is 3. The quantitative estimate of drug-likeness (QED) is 0.687. The highest BCUT2D eigenvalue weighted by Gasteiger charge is 2.22. The second-order valence-electron chi connectivity index (χ2n) is 3.91. The molecule has 0 aromatic carbocycles. The number of carbonyl (C=O) groups excluding carboxylic acids is 2. The Morgan fingerprint density at radius 3 is 2.87 bits per heavy atom. The Morgan fingerprint density at radius 1 is 1.53 bits per heavy atom. The molecule has 1 aliphatic rings. The summed E-state index contributed by atoms with van der Waals surface area (Å²) in [5.74, 6) is 0.116. The van der Waals surface area contributed by atoms with Crippen LogP contribution in [0.25, 0.3) is 0 Å². The fourth-order valence-electron chi connectivity index (χ4n) is 1.80. The molecular formula is C11H14N2O2. The third-order valence-electron chi connectivity index (χ3n) is 2.66. The van der Waals surface area contributed by atoms with Crippen molar-refractivity contribution in [1.29, 1.82) is 0 Å². The Labute approximate surface area is 88.5 Å². The lowest BCUT2D eigenvalue weighted by atomic mass is 10.2. The SMILES string of the molecule is Cn1ccc(C(=O)CN2CCCC2=O)c1. The number of nitrogens with zero attached hydrogens (tertiary/aromatic N) is 2. The molecule has 4 heteroatoms. The van der Waals surface area contributed by atoms with Gasteiger partial charge in [-0.2, -0.15) is 0 Å². The minimum atomic E-state index is 0.0193. The summed E-state index contributed by atoms with van der Waals surface area (Å²) in [6.45, 7) is 0.945. The maximum absolute atomic E-state index is 11.8. The molecule has 0 spiro atoms. The largest absolute Gasteiger partial charge is 0.357 e. The molecule has 0 atom stereocenters. The summed E-state index contributed by atoms with van der Waals surface area (Å²) in [6, 6.07) is 1.78. The lowest BCUT2D eigenvalue weighted by Crippen LogP contribution is -2.30. The highest BCUT2D eigenvalue weighted by atomic mass is 16.2. The third kappa shape index (κ3) is 2.09. The van der Waals surface area contributed by atoms with Crippen LogP contribution in [0.1, 0.15) is 23.2 Å². The lowest BCUT2D eigenvalue weighted by Gasteiger charge is -2.13. The molecule has 0 bridgehead atoms. The Balaban J connectivity index is 2.00. The highest BCUT2D eigenvalue weighted by Crippen LogP contribution is 2.11. The number of aromatic nitrogens is 1. The Hall–Kier alpha value is -1.58. The summed E-state index contributed by atoms with van der Waals surface area (Å²) in [6.07, 6.45) is 5.07. The van der Waals surface area contributed by atoms with E-state index in [1.807, 2.05) is 17.8 Å². The highest BCUT2D eigenvalue weighted by molar-refractivity contribution is 5.99. The van der Waals surface area contributed by atoms with Crippen LogP contribution >= 0.6 is 0 Å². The van der Waals surface area contributed by atoms with Gasteiger partial charge in [0.1, 0.15) is 0 Å². The van der Waals surface area contributed by atoms with Crippen LogP contribution in [-0.2, 0) is 11.8 Å². The van der Waals surface area contributed by atoms with E-state index in [0.29, 0.717) is 12.0 Å². The van der Waals surface area contributed by atoms with Crippen LogP contribution in [0, 0.1) is 0 Å². The van der Waals surface area contributed by atoms with Gasteiger partial charge >= 0.3 is 0 Å². The maximum atomic E-state index is 11.8. The smallest absolute Gasteiger partial charge is 0.223 e. The molecule has 15 heavy (non-hydrogen) atoms. The van der Waals surface area contributed by atoms with Gasteiger partial charge in [-0.1, -0.05) is 0 Å². The Kier molecular flexibility index (Phi) is 2.58. The zero-order valence-electron chi connectivity index (χ0n) is 8.77.